The Morgan fingerprint density at radius 2 is 1.81 bits per heavy atom. The van der Waals surface area contributed by atoms with Crippen LogP contribution in [-0.4, -0.2) is 86.5 Å². The Hall–Kier alpha value is -3.28. The topological polar surface area (TPSA) is 165 Å². The summed E-state index contributed by atoms with van der Waals surface area (Å²) in [6.07, 6.45) is -0.174. The molecule has 0 saturated heterocycles. The van der Waals surface area contributed by atoms with Crippen LogP contribution in [0.5, 0.6) is 5.75 Å². The van der Waals surface area contributed by atoms with Crippen LogP contribution in [0.4, 0.5) is 4.39 Å². The zero-order chi connectivity index (χ0) is 27.6. The summed E-state index contributed by atoms with van der Waals surface area (Å²) in [5, 5.41) is 44.3. The van der Waals surface area contributed by atoms with Crippen molar-refractivity contribution in [2.75, 3.05) is 27.2 Å². The van der Waals surface area contributed by atoms with Gasteiger partial charge in [-0.2, -0.15) is 0 Å². The fourth-order valence-electron chi connectivity index (χ4n) is 6.15. The van der Waals surface area contributed by atoms with Crippen LogP contribution < -0.4 is 5.73 Å². The number of nitrogens with zero attached hydrogens (tertiary/aromatic N) is 2. The molecule has 1 amide bonds. The Balaban J connectivity index is 1.91. The number of rotatable bonds is 6. The highest BCUT2D eigenvalue weighted by Crippen LogP contribution is 2.53. The van der Waals surface area contributed by atoms with Crippen molar-refractivity contribution in [3.63, 3.8) is 0 Å². The predicted molar refractivity (Wildman–Crippen MR) is 131 cm³/mol. The summed E-state index contributed by atoms with van der Waals surface area (Å²) in [6, 6.07) is 0.0166. The number of Topliss-reactive ketones (excluding diaryl/α,β-unsaturated/α-hetero) is 2. The maximum Gasteiger partial charge on any atom is 0.255 e. The fourth-order valence-corrected chi connectivity index (χ4v) is 6.15. The molecule has 0 spiro atoms. The molecule has 4 rings (SSSR count). The van der Waals surface area contributed by atoms with E-state index in [2.05, 4.69) is 0 Å². The summed E-state index contributed by atoms with van der Waals surface area (Å²) in [5.41, 5.74) is 1.42. The first-order valence-electron chi connectivity index (χ1n) is 12.2. The highest BCUT2D eigenvalue weighted by Gasteiger charge is 2.64. The minimum Gasteiger partial charge on any atom is -0.508 e. The first-order valence-corrected chi connectivity index (χ1v) is 12.2. The van der Waals surface area contributed by atoms with Gasteiger partial charge in [0.2, 0.25) is 5.78 Å². The van der Waals surface area contributed by atoms with Crippen LogP contribution >= 0.6 is 0 Å². The molecular formula is C26H32FN3O7. The molecule has 1 aromatic carbocycles. The Labute approximate surface area is 213 Å². The molecule has 10 nitrogen and oxygen atoms in total. The summed E-state index contributed by atoms with van der Waals surface area (Å²) >= 11 is 0. The molecule has 6 N–H and O–H groups in total. The quantitative estimate of drug-likeness (QED) is 0.345. The lowest BCUT2D eigenvalue weighted by Crippen LogP contribution is -2.65. The van der Waals surface area contributed by atoms with Gasteiger partial charge in [-0.1, -0.05) is 13.8 Å². The van der Waals surface area contributed by atoms with E-state index in [1.165, 1.54) is 25.1 Å². The molecule has 0 aliphatic heterocycles. The van der Waals surface area contributed by atoms with Gasteiger partial charge < -0.3 is 26.2 Å². The number of phenolic OH excluding ortho intramolecular Hbond substituents is 1. The Bertz CT molecular complexity index is 1270. The van der Waals surface area contributed by atoms with Gasteiger partial charge in [0.25, 0.3) is 5.91 Å². The van der Waals surface area contributed by atoms with Crippen LogP contribution in [0, 0.1) is 17.7 Å². The standard InChI is InChI=1S/C26H32FN3O7/c1-5-30(6-2)10-12-9-15(31)17-13(19(12)27)7-11-8-14-20(29(3)4)22(33)18(25(28)36)24(35)26(14,37)23(34)16(11)21(17)32/h9,11,14,20,31-32,35,37H,5-8,10H2,1-4H3,(H2,28,36)/t11-,14-,20-,26-/m0/s1. The summed E-state index contributed by atoms with van der Waals surface area (Å²) in [5.74, 6) is -8.19. The first kappa shape index (κ1) is 26.8. The van der Waals surface area contributed by atoms with Crippen molar-refractivity contribution in [2.24, 2.45) is 17.6 Å². The molecule has 37 heavy (non-hydrogen) atoms. The van der Waals surface area contributed by atoms with E-state index in [-0.39, 0.29) is 41.6 Å². The molecule has 0 aromatic heterocycles. The smallest absolute Gasteiger partial charge is 0.255 e. The lowest BCUT2D eigenvalue weighted by atomic mass is 9.57. The second-order valence-electron chi connectivity index (χ2n) is 10.1. The average molecular weight is 518 g/mol. The van der Waals surface area contributed by atoms with Crippen molar-refractivity contribution < 1.29 is 39.2 Å². The van der Waals surface area contributed by atoms with Crippen LogP contribution in [0.3, 0.4) is 0 Å². The number of aliphatic hydroxyl groups is 3. The number of ketones is 2. The molecule has 4 atom stereocenters. The molecule has 0 bridgehead atoms. The molecule has 3 aliphatic carbocycles. The molecule has 3 aliphatic rings. The van der Waals surface area contributed by atoms with Crippen molar-refractivity contribution in [1.82, 2.24) is 9.80 Å². The van der Waals surface area contributed by atoms with Crippen molar-refractivity contribution in [1.29, 1.82) is 0 Å². The zero-order valence-corrected chi connectivity index (χ0v) is 21.2. The number of aliphatic hydroxyl groups excluding tert-OH is 2. The number of benzene rings is 1. The van der Waals surface area contributed by atoms with E-state index in [4.69, 9.17) is 5.73 Å². The van der Waals surface area contributed by atoms with Crippen LogP contribution in [0.2, 0.25) is 0 Å². The van der Waals surface area contributed by atoms with Gasteiger partial charge in [0.05, 0.1) is 11.6 Å². The van der Waals surface area contributed by atoms with Crippen LogP contribution in [0.25, 0.3) is 5.76 Å². The molecule has 11 heteroatoms. The van der Waals surface area contributed by atoms with E-state index in [0.717, 1.165) is 0 Å². The van der Waals surface area contributed by atoms with E-state index >= 15 is 4.39 Å². The van der Waals surface area contributed by atoms with Crippen LogP contribution in [-0.2, 0) is 27.3 Å². The number of nitrogens with two attached hydrogens (primary N) is 1. The molecule has 0 heterocycles. The van der Waals surface area contributed by atoms with Gasteiger partial charge in [-0.15, -0.1) is 0 Å². The van der Waals surface area contributed by atoms with Gasteiger partial charge >= 0.3 is 0 Å². The van der Waals surface area contributed by atoms with E-state index < -0.39 is 69.6 Å². The van der Waals surface area contributed by atoms with Crippen molar-refractivity contribution in [2.45, 2.75) is 44.9 Å². The average Bonchev–Trinajstić information content (AvgIpc) is 2.82. The number of hydrogen-bond donors (Lipinski definition) is 5. The largest absolute Gasteiger partial charge is 0.508 e. The number of amides is 1. The molecule has 1 aromatic rings. The number of phenols is 1. The monoisotopic (exact) mass is 517 g/mol. The number of carbonyl (C=O) groups excluding carboxylic acids is 3. The number of carbonyl (C=O) groups is 3. The highest BCUT2D eigenvalue weighted by atomic mass is 19.1. The fraction of sp³-hybridized carbons (Fsp3) is 0.500. The van der Waals surface area contributed by atoms with Gasteiger partial charge in [0.1, 0.15) is 28.7 Å². The Kier molecular flexibility index (Phi) is 6.68. The number of hydrogen-bond acceptors (Lipinski definition) is 9. The van der Waals surface area contributed by atoms with Crippen LogP contribution in [0.1, 0.15) is 37.0 Å². The molecule has 1 saturated carbocycles. The third-order valence-electron chi connectivity index (χ3n) is 8.02. The minimum absolute atomic E-state index is 0.0350. The molecule has 200 valence electrons. The van der Waals surface area contributed by atoms with Crippen molar-refractivity contribution in [3.8, 4) is 5.75 Å². The Morgan fingerprint density at radius 3 is 2.35 bits per heavy atom. The number of halogens is 1. The van der Waals surface area contributed by atoms with Gasteiger partial charge in [0, 0.05) is 29.2 Å². The Morgan fingerprint density at radius 1 is 1.19 bits per heavy atom. The second-order valence-corrected chi connectivity index (χ2v) is 10.1. The van der Waals surface area contributed by atoms with Crippen molar-refractivity contribution >= 4 is 23.2 Å². The number of fused-ring (bicyclic) bond motifs is 3. The van der Waals surface area contributed by atoms with E-state index in [1.54, 1.807) is 0 Å². The van der Waals surface area contributed by atoms with Gasteiger partial charge in [-0.05, 0) is 52.0 Å². The summed E-state index contributed by atoms with van der Waals surface area (Å²) in [6.45, 7) is 5.40. The van der Waals surface area contributed by atoms with Gasteiger partial charge in [-0.3, -0.25) is 24.2 Å². The molecule has 0 unspecified atom stereocenters. The van der Waals surface area contributed by atoms with E-state index in [9.17, 15) is 34.8 Å². The van der Waals surface area contributed by atoms with Gasteiger partial charge in [-0.25, -0.2) is 4.39 Å². The third-order valence-corrected chi connectivity index (χ3v) is 8.02. The van der Waals surface area contributed by atoms with E-state index in [0.29, 0.717) is 13.1 Å². The summed E-state index contributed by atoms with van der Waals surface area (Å²) in [4.78, 5) is 42.2. The van der Waals surface area contributed by atoms with Gasteiger partial charge in [0.15, 0.2) is 11.4 Å². The highest BCUT2D eigenvalue weighted by molar-refractivity contribution is 6.24. The number of primary amides is 1. The predicted octanol–water partition coefficient (Wildman–Crippen LogP) is 0.945. The summed E-state index contributed by atoms with van der Waals surface area (Å²) in [7, 11) is 3.04. The minimum atomic E-state index is -2.72. The first-order chi connectivity index (χ1) is 17.3. The third kappa shape index (κ3) is 3.75. The molecule has 1 fully saturated rings. The lowest BCUT2D eigenvalue weighted by molar-refractivity contribution is -0.153. The normalized spacial score (nSPS) is 27.5. The maximum absolute atomic E-state index is 15.7. The summed E-state index contributed by atoms with van der Waals surface area (Å²) < 4.78 is 15.7. The molecule has 0 radical (unpaired) electrons. The maximum atomic E-state index is 15.7. The lowest BCUT2D eigenvalue weighted by Gasteiger charge is -2.50. The van der Waals surface area contributed by atoms with Crippen LogP contribution in [0.15, 0.2) is 23.0 Å². The van der Waals surface area contributed by atoms with E-state index in [1.807, 2.05) is 18.7 Å². The zero-order valence-electron chi connectivity index (χ0n) is 21.2. The molecular weight excluding hydrogens is 485 g/mol. The number of likely N-dealkylation sites (N-methyl/N-ethyl adjacent to an activating group) is 1. The van der Waals surface area contributed by atoms with Crippen molar-refractivity contribution in [3.05, 3.63) is 45.5 Å². The number of aromatic hydroxyl groups is 1. The second kappa shape index (κ2) is 9.23. The SMILES string of the molecule is CCN(CC)Cc1cc(O)c2c(c1F)C[C@H]1C[C@H]3[C@H](N(C)C)C(=O)C(C(N)=O)=C(O)[C@@]3(O)C(=O)C1=C2O.